The van der Waals surface area contributed by atoms with E-state index >= 15 is 0 Å². The number of carbonyl (C=O) groups is 1. The number of aromatic amines is 1. The lowest BCUT2D eigenvalue weighted by Gasteiger charge is -2.00. The number of H-pyrrole nitrogens is 1. The third kappa shape index (κ3) is 7.55. The van der Waals surface area contributed by atoms with Crippen LogP contribution in [-0.2, 0) is 11.3 Å². The van der Waals surface area contributed by atoms with Gasteiger partial charge >= 0.3 is 5.97 Å². The number of imidazole rings is 1. The van der Waals surface area contributed by atoms with Gasteiger partial charge in [-0.05, 0) is 19.3 Å². The maximum Gasteiger partial charge on any atom is 0.303 e. The highest BCUT2D eigenvalue weighted by Crippen LogP contribution is 2.08. The Morgan fingerprint density at radius 3 is 2.29 bits per heavy atom. The van der Waals surface area contributed by atoms with Crippen molar-refractivity contribution in [1.82, 2.24) is 4.98 Å². The van der Waals surface area contributed by atoms with Gasteiger partial charge in [0.15, 0.2) is 0 Å². The van der Waals surface area contributed by atoms with Crippen LogP contribution in [0.15, 0.2) is 18.7 Å². The standard InChI is InChI=1S/C13H22N2O2/c16-13(17)8-6-4-2-1-3-5-7-10-15-11-9-14-12-15/h9,11-12H,1-8,10H2,(H,16,17)/p+1. The fraction of sp³-hybridized carbons (Fsp3) is 0.692. The maximum absolute atomic E-state index is 10.3. The lowest BCUT2D eigenvalue weighted by Crippen LogP contribution is -2.30. The second-order valence-corrected chi connectivity index (χ2v) is 4.47. The zero-order valence-electron chi connectivity index (χ0n) is 10.4. The summed E-state index contributed by atoms with van der Waals surface area (Å²) in [5.41, 5.74) is 0. The summed E-state index contributed by atoms with van der Waals surface area (Å²) in [6, 6.07) is 0. The number of aromatic nitrogens is 2. The molecule has 2 N–H and O–H groups in total. The highest BCUT2D eigenvalue weighted by molar-refractivity contribution is 5.66. The van der Waals surface area contributed by atoms with E-state index in [0.717, 1.165) is 19.4 Å². The summed E-state index contributed by atoms with van der Waals surface area (Å²) >= 11 is 0. The predicted molar refractivity (Wildman–Crippen MR) is 65.6 cm³/mol. The Kier molecular flexibility index (Phi) is 7.11. The molecular weight excluding hydrogens is 216 g/mol. The van der Waals surface area contributed by atoms with Crippen LogP contribution in [0.3, 0.4) is 0 Å². The van der Waals surface area contributed by atoms with Crippen molar-refractivity contribution < 1.29 is 14.5 Å². The van der Waals surface area contributed by atoms with E-state index in [9.17, 15) is 4.79 Å². The number of rotatable bonds is 10. The lowest BCUT2D eigenvalue weighted by molar-refractivity contribution is -0.696. The van der Waals surface area contributed by atoms with Gasteiger partial charge in [0.1, 0.15) is 12.4 Å². The van der Waals surface area contributed by atoms with Crippen LogP contribution in [0.4, 0.5) is 0 Å². The third-order valence-corrected chi connectivity index (χ3v) is 2.91. The van der Waals surface area contributed by atoms with Gasteiger partial charge in [-0.1, -0.05) is 25.7 Å². The Labute approximate surface area is 103 Å². The molecule has 0 saturated carbocycles. The normalized spacial score (nSPS) is 10.6. The number of unbranched alkanes of at least 4 members (excludes halogenated alkanes) is 6. The van der Waals surface area contributed by atoms with E-state index < -0.39 is 5.97 Å². The minimum Gasteiger partial charge on any atom is -0.481 e. The molecule has 96 valence electrons. The number of nitrogens with zero attached hydrogens (tertiary/aromatic N) is 1. The summed E-state index contributed by atoms with van der Waals surface area (Å²) < 4.78 is 2.16. The Hall–Kier alpha value is -1.32. The van der Waals surface area contributed by atoms with Gasteiger partial charge < -0.3 is 5.11 Å². The molecular formula is C13H23N2O2+. The number of hydrogen-bond acceptors (Lipinski definition) is 1. The molecule has 0 fully saturated rings. The molecule has 0 spiro atoms. The van der Waals surface area contributed by atoms with Crippen LogP contribution in [0.2, 0.25) is 0 Å². The predicted octanol–water partition coefficient (Wildman–Crippen LogP) is 2.51. The summed E-state index contributed by atoms with van der Waals surface area (Å²) in [4.78, 5) is 13.3. The monoisotopic (exact) mass is 239 g/mol. The van der Waals surface area contributed by atoms with E-state index in [1.165, 1.54) is 32.1 Å². The molecule has 0 radical (unpaired) electrons. The summed E-state index contributed by atoms with van der Waals surface area (Å²) in [6.07, 6.45) is 14.3. The summed E-state index contributed by atoms with van der Waals surface area (Å²) in [5, 5.41) is 8.47. The van der Waals surface area contributed by atoms with Crippen LogP contribution in [0.5, 0.6) is 0 Å². The minimum atomic E-state index is -0.673. The first kappa shape index (κ1) is 13.7. The average Bonchev–Trinajstić information content (AvgIpc) is 2.79. The Bertz CT molecular complexity index is 296. The van der Waals surface area contributed by atoms with E-state index in [-0.39, 0.29) is 0 Å². The van der Waals surface area contributed by atoms with Crippen molar-refractivity contribution in [2.45, 2.75) is 57.9 Å². The van der Waals surface area contributed by atoms with Gasteiger partial charge in [-0.25, -0.2) is 4.57 Å². The van der Waals surface area contributed by atoms with Gasteiger partial charge in [0.05, 0.1) is 6.54 Å². The SMILES string of the molecule is O=C(O)CCCCCCCCC[n+]1cc[nH]c1. The molecule has 0 aliphatic heterocycles. The summed E-state index contributed by atoms with van der Waals surface area (Å²) in [5.74, 6) is -0.673. The van der Waals surface area contributed by atoms with Gasteiger partial charge in [-0.3, -0.25) is 9.78 Å². The summed E-state index contributed by atoms with van der Waals surface area (Å²) in [6.45, 7) is 1.09. The first-order valence-corrected chi connectivity index (χ1v) is 6.52. The molecule has 4 heteroatoms. The van der Waals surface area contributed by atoms with Crippen LogP contribution in [-0.4, -0.2) is 16.1 Å². The van der Waals surface area contributed by atoms with Gasteiger partial charge in [-0.15, -0.1) is 0 Å². The van der Waals surface area contributed by atoms with E-state index in [1.807, 2.05) is 18.7 Å². The molecule has 0 atom stereocenters. The molecule has 0 aliphatic carbocycles. The molecule has 0 aliphatic rings. The van der Waals surface area contributed by atoms with Crippen molar-refractivity contribution in [2.24, 2.45) is 0 Å². The highest BCUT2D eigenvalue weighted by atomic mass is 16.4. The van der Waals surface area contributed by atoms with Crippen LogP contribution in [0.1, 0.15) is 51.4 Å². The molecule has 0 saturated heterocycles. The third-order valence-electron chi connectivity index (χ3n) is 2.91. The summed E-state index contributed by atoms with van der Waals surface area (Å²) in [7, 11) is 0. The first-order chi connectivity index (χ1) is 8.29. The van der Waals surface area contributed by atoms with Crippen LogP contribution < -0.4 is 4.57 Å². The second-order valence-electron chi connectivity index (χ2n) is 4.47. The number of aliphatic carboxylic acids is 1. The Morgan fingerprint density at radius 1 is 1.06 bits per heavy atom. The highest BCUT2D eigenvalue weighted by Gasteiger charge is 1.98. The Balaban J connectivity index is 1.80. The maximum atomic E-state index is 10.3. The second kappa shape index (κ2) is 8.79. The van der Waals surface area contributed by atoms with Crippen molar-refractivity contribution in [3.8, 4) is 0 Å². The van der Waals surface area contributed by atoms with E-state index in [2.05, 4.69) is 9.55 Å². The van der Waals surface area contributed by atoms with Gasteiger partial charge in [0.2, 0.25) is 6.33 Å². The van der Waals surface area contributed by atoms with E-state index in [1.54, 1.807) is 0 Å². The van der Waals surface area contributed by atoms with Crippen LogP contribution in [0, 0.1) is 0 Å². The molecule has 4 nitrogen and oxygen atoms in total. The molecule has 0 bridgehead atoms. The lowest BCUT2D eigenvalue weighted by atomic mass is 10.1. The number of aryl methyl sites for hydroxylation is 1. The van der Waals surface area contributed by atoms with Gasteiger partial charge in [-0.2, -0.15) is 0 Å². The van der Waals surface area contributed by atoms with Crippen molar-refractivity contribution in [3.63, 3.8) is 0 Å². The molecule has 0 unspecified atom stereocenters. The van der Waals surface area contributed by atoms with Crippen molar-refractivity contribution in [1.29, 1.82) is 0 Å². The smallest absolute Gasteiger partial charge is 0.303 e. The first-order valence-electron chi connectivity index (χ1n) is 6.52. The topological polar surface area (TPSA) is 57.0 Å². The number of carboxylic acid groups (broad SMARTS) is 1. The number of nitrogens with one attached hydrogen (secondary N) is 1. The number of carboxylic acids is 1. The molecule has 1 aromatic rings. The van der Waals surface area contributed by atoms with Crippen LogP contribution >= 0.6 is 0 Å². The molecule has 0 amide bonds. The van der Waals surface area contributed by atoms with Gasteiger partial charge in [0, 0.05) is 6.42 Å². The van der Waals surface area contributed by atoms with Crippen LogP contribution in [0.25, 0.3) is 0 Å². The quantitative estimate of drug-likeness (QED) is 0.487. The zero-order valence-corrected chi connectivity index (χ0v) is 10.4. The van der Waals surface area contributed by atoms with Crippen molar-refractivity contribution in [2.75, 3.05) is 0 Å². The average molecular weight is 239 g/mol. The zero-order chi connectivity index (χ0) is 12.3. The molecule has 17 heavy (non-hydrogen) atoms. The van der Waals surface area contributed by atoms with E-state index in [4.69, 9.17) is 5.11 Å². The van der Waals surface area contributed by atoms with E-state index in [0.29, 0.717) is 6.42 Å². The molecule has 1 rings (SSSR count). The minimum absolute atomic E-state index is 0.324. The molecule has 1 heterocycles. The molecule has 1 aromatic heterocycles. The largest absolute Gasteiger partial charge is 0.481 e. The fourth-order valence-corrected chi connectivity index (χ4v) is 1.91. The Morgan fingerprint density at radius 2 is 1.71 bits per heavy atom. The molecule has 0 aromatic carbocycles. The number of hydrogen-bond donors (Lipinski definition) is 2. The van der Waals surface area contributed by atoms with Crippen molar-refractivity contribution >= 4 is 5.97 Å². The van der Waals surface area contributed by atoms with Gasteiger partial charge in [0.25, 0.3) is 0 Å². The fourth-order valence-electron chi connectivity index (χ4n) is 1.91. The van der Waals surface area contributed by atoms with Crippen molar-refractivity contribution in [3.05, 3.63) is 18.7 Å².